The van der Waals surface area contributed by atoms with Crippen LogP contribution in [0.5, 0.6) is 0 Å². The van der Waals surface area contributed by atoms with E-state index in [1.807, 2.05) is 22.8 Å². The molecule has 6 nitrogen and oxygen atoms in total. The van der Waals surface area contributed by atoms with Crippen LogP contribution in [0, 0.1) is 5.82 Å². The molecule has 2 aliphatic rings. The number of hydrogen-bond acceptors (Lipinski definition) is 5. The maximum atomic E-state index is 13.5. The maximum Gasteiger partial charge on any atom is 0.167 e. The molecule has 5 heterocycles. The van der Waals surface area contributed by atoms with Crippen molar-refractivity contribution < 1.29 is 4.39 Å². The predicted octanol–water partition coefficient (Wildman–Crippen LogP) is 3.95. The lowest BCUT2D eigenvalue weighted by Crippen LogP contribution is -2.35. The lowest BCUT2D eigenvalue weighted by atomic mass is 10.1. The average molecular weight is 414 g/mol. The topological polar surface area (TPSA) is 58.9 Å². The van der Waals surface area contributed by atoms with E-state index < -0.39 is 0 Å². The van der Waals surface area contributed by atoms with Gasteiger partial charge in [0.15, 0.2) is 5.65 Å². The molecule has 2 saturated heterocycles. The van der Waals surface area contributed by atoms with Crippen molar-refractivity contribution in [2.75, 3.05) is 18.0 Å². The third-order valence-corrected chi connectivity index (χ3v) is 6.36. The lowest BCUT2D eigenvalue weighted by molar-refractivity contribution is 0.563. The van der Waals surface area contributed by atoms with Gasteiger partial charge >= 0.3 is 0 Å². The van der Waals surface area contributed by atoms with Gasteiger partial charge in [-0.1, -0.05) is 0 Å². The molecule has 1 aromatic carbocycles. The van der Waals surface area contributed by atoms with E-state index >= 15 is 0 Å². The molecule has 3 aromatic heterocycles. The number of nitrogens with one attached hydrogen (secondary N) is 1. The number of nitrogens with zero attached hydrogens (tertiary/aromatic N) is 5. The standard InChI is InChI=1S/C24H23FN6/c25-17-3-1-16(2-4-17)23-28-21-7-8-22(30-14-11-18-5-6-19(15-30)27-18)29-24(21)31(23)20-9-12-26-13-10-20/h1-4,7-10,12-13,18-19,27H,5-6,11,14-15H2. The molecule has 2 aliphatic heterocycles. The van der Waals surface area contributed by atoms with Crippen LogP contribution in [0.2, 0.25) is 0 Å². The second-order valence-electron chi connectivity index (χ2n) is 8.37. The first kappa shape index (κ1) is 18.4. The lowest BCUT2D eigenvalue weighted by Gasteiger charge is -2.25. The van der Waals surface area contributed by atoms with Crippen LogP contribution in [-0.4, -0.2) is 44.7 Å². The van der Waals surface area contributed by atoms with E-state index in [2.05, 4.69) is 21.3 Å². The van der Waals surface area contributed by atoms with Gasteiger partial charge in [-0.3, -0.25) is 9.55 Å². The molecule has 2 fully saturated rings. The maximum absolute atomic E-state index is 13.5. The molecule has 2 atom stereocenters. The summed E-state index contributed by atoms with van der Waals surface area (Å²) in [6.45, 7) is 1.98. The summed E-state index contributed by atoms with van der Waals surface area (Å²) < 4.78 is 15.6. The van der Waals surface area contributed by atoms with Crippen molar-refractivity contribution in [3.05, 3.63) is 66.7 Å². The van der Waals surface area contributed by atoms with E-state index in [1.165, 1.54) is 25.0 Å². The summed E-state index contributed by atoms with van der Waals surface area (Å²) in [6, 6.07) is 15.6. The Morgan fingerprint density at radius 2 is 1.68 bits per heavy atom. The molecule has 2 unspecified atom stereocenters. The fourth-order valence-corrected chi connectivity index (χ4v) is 4.80. The molecule has 0 saturated carbocycles. The zero-order valence-corrected chi connectivity index (χ0v) is 17.1. The minimum absolute atomic E-state index is 0.264. The van der Waals surface area contributed by atoms with E-state index in [4.69, 9.17) is 9.97 Å². The third-order valence-electron chi connectivity index (χ3n) is 6.36. The molecule has 4 aromatic rings. The van der Waals surface area contributed by atoms with E-state index in [9.17, 15) is 4.39 Å². The Hall–Kier alpha value is -3.32. The summed E-state index contributed by atoms with van der Waals surface area (Å²) >= 11 is 0. The number of halogens is 1. The quantitative estimate of drug-likeness (QED) is 0.550. The smallest absolute Gasteiger partial charge is 0.167 e. The van der Waals surface area contributed by atoms with Crippen molar-refractivity contribution in [2.24, 2.45) is 0 Å². The van der Waals surface area contributed by atoms with E-state index in [1.54, 1.807) is 24.5 Å². The van der Waals surface area contributed by atoms with Crippen molar-refractivity contribution in [3.8, 4) is 17.1 Å². The molecule has 7 heteroatoms. The largest absolute Gasteiger partial charge is 0.355 e. The molecule has 6 rings (SSSR count). The number of aromatic nitrogens is 4. The van der Waals surface area contributed by atoms with E-state index in [-0.39, 0.29) is 5.82 Å². The Bertz CT molecular complexity index is 1220. The van der Waals surface area contributed by atoms with Crippen molar-refractivity contribution in [1.82, 2.24) is 24.8 Å². The highest BCUT2D eigenvalue weighted by molar-refractivity contribution is 5.81. The van der Waals surface area contributed by atoms with Gasteiger partial charge in [-0.2, -0.15) is 0 Å². The monoisotopic (exact) mass is 414 g/mol. The summed E-state index contributed by atoms with van der Waals surface area (Å²) in [5.41, 5.74) is 3.38. The molecule has 0 amide bonds. The molecule has 0 aliphatic carbocycles. The van der Waals surface area contributed by atoms with Crippen molar-refractivity contribution in [1.29, 1.82) is 0 Å². The number of pyridine rings is 2. The third kappa shape index (κ3) is 3.35. The van der Waals surface area contributed by atoms with Crippen LogP contribution >= 0.6 is 0 Å². The fraction of sp³-hybridized carbons (Fsp3) is 0.292. The average Bonchev–Trinajstić information content (AvgIpc) is 3.34. The molecule has 31 heavy (non-hydrogen) atoms. The van der Waals surface area contributed by atoms with Crippen molar-refractivity contribution in [3.63, 3.8) is 0 Å². The first-order chi connectivity index (χ1) is 15.2. The Kier molecular flexibility index (Phi) is 4.42. The second kappa shape index (κ2) is 7.42. The minimum Gasteiger partial charge on any atom is -0.355 e. The van der Waals surface area contributed by atoms with E-state index in [0.717, 1.165) is 53.6 Å². The normalized spacial score (nSPS) is 20.9. The van der Waals surface area contributed by atoms with Gasteiger partial charge in [-0.25, -0.2) is 14.4 Å². The predicted molar refractivity (Wildman–Crippen MR) is 119 cm³/mol. The van der Waals surface area contributed by atoms with Gasteiger partial charge in [0.1, 0.15) is 23.0 Å². The van der Waals surface area contributed by atoms with Crippen molar-refractivity contribution >= 4 is 17.0 Å². The van der Waals surface area contributed by atoms with E-state index in [0.29, 0.717) is 12.1 Å². The van der Waals surface area contributed by atoms with Gasteiger partial charge in [0.2, 0.25) is 0 Å². The molecule has 0 radical (unpaired) electrons. The van der Waals surface area contributed by atoms with Gasteiger partial charge in [0, 0.05) is 43.1 Å². The zero-order chi connectivity index (χ0) is 20.8. The summed E-state index contributed by atoms with van der Waals surface area (Å²) in [4.78, 5) is 16.5. The molecule has 2 bridgehead atoms. The highest BCUT2D eigenvalue weighted by Crippen LogP contribution is 2.30. The number of benzene rings is 1. The van der Waals surface area contributed by atoms with Crippen LogP contribution in [0.25, 0.3) is 28.2 Å². The number of fused-ring (bicyclic) bond motifs is 3. The van der Waals surface area contributed by atoms with Crippen LogP contribution in [0.4, 0.5) is 10.2 Å². The van der Waals surface area contributed by atoms with Crippen LogP contribution in [0.15, 0.2) is 60.9 Å². The first-order valence-corrected chi connectivity index (χ1v) is 10.8. The molecule has 156 valence electrons. The van der Waals surface area contributed by atoms with Crippen LogP contribution in [-0.2, 0) is 0 Å². The Labute approximate surface area is 179 Å². The molecule has 0 spiro atoms. The minimum atomic E-state index is -0.264. The Morgan fingerprint density at radius 3 is 2.52 bits per heavy atom. The first-order valence-electron chi connectivity index (χ1n) is 10.8. The van der Waals surface area contributed by atoms with Gasteiger partial charge in [0.05, 0.1) is 5.69 Å². The van der Waals surface area contributed by atoms with Crippen LogP contribution in [0.1, 0.15) is 19.3 Å². The second-order valence-corrected chi connectivity index (χ2v) is 8.37. The highest BCUT2D eigenvalue weighted by atomic mass is 19.1. The highest BCUT2D eigenvalue weighted by Gasteiger charge is 2.30. The van der Waals surface area contributed by atoms with Gasteiger partial charge in [-0.05, 0) is 67.8 Å². The van der Waals surface area contributed by atoms with Gasteiger partial charge in [-0.15, -0.1) is 0 Å². The zero-order valence-electron chi connectivity index (χ0n) is 17.1. The Balaban J connectivity index is 1.49. The van der Waals surface area contributed by atoms with Gasteiger partial charge in [0.25, 0.3) is 0 Å². The number of rotatable bonds is 3. The summed E-state index contributed by atoms with van der Waals surface area (Å²) in [5, 5.41) is 3.73. The number of hydrogen-bond donors (Lipinski definition) is 1. The Morgan fingerprint density at radius 1 is 0.871 bits per heavy atom. The fourth-order valence-electron chi connectivity index (χ4n) is 4.80. The summed E-state index contributed by atoms with van der Waals surface area (Å²) in [7, 11) is 0. The summed E-state index contributed by atoms with van der Waals surface area (Å²) in [5.74, 6) is 1.45. The molecular weight excluding hydrogens is 391 g/mol. The SMILES string of the molecule is Fc1ccc(-c2nc3ccc(N4CCC5CCC(C4)N5)nc3n2-c2ccncc2)cc1. The van der Waals surface area contributed by atoms with Gasteiger partial charge < -0.3 is 10.2 Å². The van der Waals surface area contributed by atoms with Crippen molar-refractivity contribution in [2.45, 2.75) is 31.3 Å². The number of imidazole rings is 1. The number of anilines is 1. The molecular formula is C24H23FN6. The molecule has 1 N–H and O–H groups in total. The van der Waals surface area contributed by atoms with Crippen LogP contribution < -0.4 is 10.2 Å². The van der Waals surface area contributed by atoms with Crippen LogP contribution in [0.3, 0.4) is 0 Å². The summed E-state index contributed by atoms with van der Waals surface area (Å²) in [6.07, 6.45) is 7.17.